The van der Waals surface area contributed by atoms with Crippen molar-refractivity contribution in [1.29, 1.82) is 0 Å². The Labute approximate surface area is 304 Å². The molecule has 0 saturated heterocycles. The van der Waals surface area contributed by atoms with Crippen molar-refractivity contribution < 1.29 is 37.9 Å². The summed E-state index contributed by atoms with van der Waals surface area (Å²) >= 11 is 0. The quantitative estimate of drug-likeness (QED) is 0.0222. The molecule has 2 N–H and O–H groups in total. The standard InChI is InChI=1S/C41H69O8P/c1-3-5-7-9-11-13-15-17-19-20-22-23-25-27-29-31-33-35-40(42)47-37-39(38-48-50(44,45)46)49-41(43)36-34-32-30-28-26-24-21-18-16-14-12-10-8-6-4-2/h7,9,13-16,18-21,23,25,39H,3-6,8,10-12,17,22,24,26-38H2,1-2H3,(H2,44,45,46)/b9-7+,15-13+,16-14+,20-19+,21-18+,25-23+/t39-/m1/s1. The van der Waals surface area contributed by atoms with E-state index in [1.807, 2.05) is 0 Å². The van der Waals surface area contributed by atoms with E-state index in [-0.39, 0.29) is 19.4 Å². The molecule has 1 atom stereocenters. The van der Waals surface area contributed by atoms with Crippen LogP contribution < -0.4 is 0 Å². The number of rotatable bonds is 34. The summed E-state index contributed by atoms with van der Waals surface area (Å²) in [4.78, 5) is 42.7. The Balaban J connectivity index is 4.07. The largest absolute Gasteiger partial charge is 0.469 e. The number of hydrogen-bond donors (Lipinski definition) is 2. The van der Waals surface area contributed by atoms with Gasteiger partial charge < -0.3 is 19.3 Å². The zero-order valence-electron chi connectivity index (χ0n) is 31.3. The summed E-state index contributed by atoms with van der Waals surface area (Å²) < 4.78 is 26.3. The number of unbranched alkanes of at least 4 members (excludes halogenated alkanes) is 13. The highest BCUT2D eigenvalue weighted by atomic mass is 31.2. The van der Waals surface area contributed by atoms with E-state index in [9.17, 15) is 14.2 Å². The number of esters is 2. The maximum atomic E-state index is 12.4. The molecule has 0 saturated carbocycles. The van der Waals surface area contributed by atoms with Crippen LogP contribution in [0.3, 0.4) is 0 Å². The minimum Gasteiger partial charge on any atom is -0.462 e. The lowest BCUT2D eigenvalue weighted by Gasteiger charge is -2.18. The zero-order valence-corrected chi connectivity index (χ0v) is 32.2. The molecule has 8 nitrogen and oxygen atoms in total. The van der Waals surface area contributed by atoms with Crippen LogP contribution in [-0.4, -0.2) is 41.0 Å². The van der Waals surface area contributed by atoms with Crippen molar-refractivity contribution in [1.82, 2.24) is 0 Å². The van der Waals surface area contributed by atoms with Gasteiger partial charge >= 0.3 is 19.8 Å². The number of carbonyl (C=O) groups is 2. The molecule has 0 aromatic rings. The van der Waals surface area contributed by atoms with Crippen molar-refractivity contribution >= 4 is 19.8 Å². The van der Waals surface area contributed by atoms with Crippen LogP contribution in [0.1, 0.15) is 155 Å². The molecular weight excluding hydrogens is 651 g/mol. The molecule has 0 bridgehead atoms. The Kier molecular flexibility index (Phi) is 34.5. The third-order valence-corrected chi connectivity index (χ3v) is 8.19. The van der Waals surface area contributed by atoms with Gasteiger partial charge in [-0.1, -0.05) is 138 Å². The van der Waals surface area contributed by atoms with Crippen molar-refractivity contribution in [2.45, 2.75) is 161 Å². The van der Waals surface area contributed by atoms with Crippen LogP contribution in [0.25, 0.3) is 0 Å². The van der Waals surface area contributed by atoms with Crippen LogP contribution in [-0.2, 0) is 28.2 Å². The number of phosphoric acid groups is 1. The maximum absolute atomic E-state index is 12.4. The van der Waals surface area contributed by atoms with Crippen molar-refractivity contribution in [3.63, 3.8) is 0 Å². The Morgan fingerprint density at radius 3 is 1.56 bits per heavy atom. The van der Waals surface area contributed by atoms with E-state index in [2.05, 4.69) is 91.3 Å². The molecule has 0 rings (SSSR count). The first kappa shape index (κ1) is 47.5. The first-order valence-corrected chi connectivity index (χ1v) is 20.8. The van der Waals surface area contributed by atoms with E-state index in [1.165, 1.54) is 32.1 Å². The lowest BCUT2D eigenvalue weighted by Crippen LogP contribution is -2.29. The number of hydrogen-bond acceptors (Lipinski definition) is 6. The third kappa shape index (κ3) is 38.3. The Morgan fingerprint density at radius 1 is 0.540 bits per heavy atom. The van der Waals surface area contributed by atoms with Crippen LogP contribution >= 0.6 is 7.82 Å². The average molecular weight is 721 g/mol. The Bertz CT molecular complexity index is 1040. The lowest BCUT2D eigenvalue weighted by atomic mass is 10.1. The minimum atomic E-state index is -4.77. The molecule has 286 valence electrons. The summed E-state index contributed by atoms with van der Waals surface area (Å²) in [7, 11) is -4.77. The van der Waals surface area contributed by atoms with Gasteiger partial charge in [0.05, 0.1) is 6.61 Å². The van der Waals surface area contributed by atoms with Gasteiger partial charge in [-0.3, -0.25) is 14.1 Å². The van der Waals surface area contributed by atoms with Gasteiger partial charge in [0.2, 0.25) is 0 Å². The molecule has 0 aliphatic heterocycles. The van der Waals surface area contributed by atoms with Crippen LogP contribution in [0.4, 0.5) is 0 Å². The molecule has 0 unspecified atom stereocenters. The summed E-state index contributed by atoms with van der Waals surface area (Å²) in [5.74, 6) is -0.946. The van der Waals surface area contributed by atoms with Gasteiger partial charge in [0.25, 0.3) is 0 Å². The van der Waals surface area contributed by atoms with E-state index >= 15 is 0 Å². The average Bonchev–Trinajstić information content (AvgIpc) is 3.08. The normalized spacial score (nSPS) is 13.3. The van der Waals surface area contributed by atoms with E-state index in [4.69, 9.17) is 19.3 Å². The third-order valence-electron chi connectivity index (χ3n) is 7.71. The molecule has 0 aliphatic rings. The molecule has 0 aromatic carbocycles. The van der Waals surface area contributed by atoms with Crippen molar-refractivity contribution in [3.8, 4) is 0 Å². The lowest BCUT2D eigenvalue weighted by molar-refractivity contribution is -0.161. The summed E-state index contributed by atoms with van der Waals surface area (Å²) in [6.07, 6.45) is 46.1. The minimum absolute atomic E-state index is 0.183. The predicted molar refractivity (Wildman–Crippen MR) is 207 cm³/mol. The SMILES string of the molecule is CCC/C=C/C/C=C/C/C=C/C/C=C/CCCCCC(=O)OC[C@H](COP(=O)(O)O)OC(=O)CCCCCCC/C=C/C=C/CCCCCC. The zero-order chi connectivity index (χ0) is 36.8. The van der Waals surface area contributed by atoms with Crippen LogP contribution in [0.5, 0.6) is 0 Å². The smallest absolute Gasteiger partial charge is 0.462 e. The monoisotopic (exact) mass is 720 g/mol. The highest BCUT2D eigenvalue weighted by molar-refractivity contribution is 7.46. The molecule has 50 heavy (non-hydrogen) atoms. The highest BCUT2D eigenvalue weighted by Gasteiger charge is 2.22. The fourth-order valence-electron chi connectivity index (χ4n) is 4.82. The number of carbonyl (C=O) groups excluding carboxylic acids is 2. The molecule has 0 radical (unpaired) electrons. The molecule has 0 fully saturated rings. The summed E-state index contributed by atoms with van der Waals surface area (Å²) in [6, 6.07) is 0. The topological polar surface area (TPSA) is 119 Å². The summed E-state index contributed by atoms with van der Waals surface area (Å²) in [5.41, 5.74) is 0. The van der Waals surface area contributed by atoms with E-state index in [1.54, 1.807) is 0 Å². The maximum Gasteiger partial charge on any atom is 0.469 e. The van der Waals surface area contributed by atoms with Gasteiger partial charge in [-0.15, -0.1) is 0 Å². The first-order valence-electron chi connectivity index (χ1n) is 19.2. The molecule has 0 aliphatic carbocycles. The van der Waals surface area contributed by atoms with E-state index in [0.717, 1.165) is 83.5 Å². The van der Waals surface area contributed by atoms with E-state index in [0.29, 0.717) is 12.8 Å². The number of allylic oxidation sites excluding steroid dienone is 12. The number of ether oxygens (including phenoxy) is 2. The van der Waals surface area contributed by atoms with Crippen LogP contribution in [0.15, 0.2) is 72.9 Å². The van der Waals surface area contributed by atoms with E-state index < -0.39 is 32.5 Å². The van der Waals surface area contributed by atoms with Crippen molar-refractivity contribution in [2.24, 2.45) is 0 Å². The molecular formula is C41H69O8P. The fourth-order valence-corrected chi connectivity index (χ4v) is 5.18. The van der Waals surface area contributed by atoms with Gasteiger partial charge in [0, 0.05) is 12.8 Å². The second-order valence-corrected chi connectivity index (χ2v) is 13.8. The summed E-state index contributed by atoms with van der Waals surface area (Å²) in [5, 5.41) is 0. The second kappa shape index (κ2) is 36.3. The Morgan fingerprint density at radius 2 is 1.00 bits per heavy atom. The molecule has 0 amide bonds. The molecule has 0 spiro atoms. The van der Waals surface area contributed by atoms with Crippen molar-refractivity contribution in [2.75, 3.05) is 13.2 Å². The van der Waals surface area contributed by atoms with Gasteiger partial charge in [-0.2, -0.15) is 0 Å². The van der Waals surface area contributed by atoms with Gasteiger partial charge in [-0.05, 0) is 77.0 Å². The molecule has 0 heterocycles. The van der Waals surface area contributed by atoms with Crippen LogP contribution in [0, 0.1) is 0 Å². The van der Waals surface area contributed by atoms with Crippen LogP contribution in [0.2, 0.25) is 0 Å². The van der Waals surface area contributed by atoms with Gasteiger partial charge in [0.15, 0.2) is 6.10 Å². The second-order valence-electron chi connectivity index (χ2n) is 12.6. The van der Waals surface area contributed by atoms with Crippen molar-refractivity contribution in [3.05, 3.63) is 72.9 Å². The predicted octanol–water partition coefficient (Wildman–Crippen LogP) is 11.5. The molecule has 9 heteroatoms. The summed E-state index contributed by atoms with van der Waals surface area (Å²) in [6.45, 7) is 3.54. The fraction of sp³-hybridized carbons (Fsp3) is 0.659. The molecule has 0 aromatic heterocycles. The number of phosphoric ester groups is 1. The van der Waals surface area contributed by atoms with Gasteiger partial charge in [0.1, 0.15) is 6.61 Å². The first-order chi connectivity index (χ1) is 24.3. The highest BCUT2D eigenvalue weighted by Crippen LogP contribution is 2.36. The Hall–Kier alpha value is -2.51. The van der Waals surface area contributed by atoms with Gasteiger partial charge in [-0.25, -0.2) is 4.57 Å².